The Morgan fingerprint density at radius 1 is 1.31 bits per heavy atom. The van der Waals surface area contributed by atoms with E-state index in [0.29, 0.717) is 0 Å². The van der Waals surface area contributed by atoms with E-state index >= 15 is 0 Å². The second-order valence-corrected chi connectivity index (χ2v) is 3.08. The van der Waals surface area contributed by atoms with Gasteiger partial charge in [-0.25, -0.2) is 0 Å². The number of aromatic nitrogens is 1. The average molecular weight is 173 g/mol. The van der Waals surface area contributed by atoms with E-state index in [1.54, 1.807) is 12.3 Å². The molecule has 0 amide bonds. The minimum atomic E-state index is 0.0871. The van der Waals surface area contributed by atoms with E-state index in [1.807, 2.05) is 18.2 Å². The lowest BCUT2D eigenvalue weighted by Crippen LogP contribution is -2.00. The summed E-state index contributed by atoms with van der Waals surface area (Å²) in [5.74, 6) is 0. The van der Waals surface area contributed by atoms with Crippen LogP contribution >= 0.6 is 0 Å². The summed E-state index contributed by atoms with van der Waals surface area (Å²) < 4.78 is 0. The van der Waals surface area contributed by atoms with E-state index in [4.69, 9.17) is 0 Å². The second kappa shape index (κ2) is 3.05. The van der Waals surface area contributed by atoms with Crippen LogP contribution in [0.5, 0.6) is 0 Å². The predicted molar refractivity (Wildman–Crippen MR) is 53.9 cm³/mol. The van der Waals surface area contributed by atoms with Gasteiger partial charge in [0, 0.05) is 23.2 Å². The highest BCUT2D eigenvalue weighted by Crippen LogP contribution is 2.09. The summed E-state index contributed by atoms with van der Waals surface area (Å²) in [4.78, 5) is 14.5. The largest absolute Gasteiger partial charge is 0.361 e. The van der Waals surface area contributed by atoms with Gasteiger partial charge in [0.05, 0.1) is 0 Å². The molecule has 0 spiro atoms. The van der Waals surface area contributed by atoms with Gasteiger partial charge in [0.2, 0.25) is 0 Å². The topological polar surface area (TPSA) is 32.9 Å². The molecule has 2 nitrogen and oxygen atoms in total. The molecular formula is C11H11NO. The zero-order valence-corrected chi connectivity index (χ0v) is 7.50. The lowest BCUT2D eigenvalue weighted by molar-refractivity contribution is 1.14. The van der Waals surface area contributed by atoms with Gasteiger partial charge >= 0.3 is 0 Å². The van der Waals surface area contributed by atoms with Crippen LogP contribution in [0.2, 0.25) is 0 Å². The van der Waals surface area contributed by atoms with Crippen LogP contribution in [0.25, 0.3) is 10.9 Å². The van der Waals surface area contributed by atoms with Crippen LogP contribution in [-0.4, -0.2) is 4.98 Å². The molecule has 0 aliphatic rings. The summed E-state index contributed by atoms with van der Waals surface area (Å²) in [6.45, 7) is 2.08. The third kappa shape index (κ3) is 1.35. The molecule has 0 fully saturated rings. The molecule has 13 heavy (non-hydrogen) atoms. The first-order chi connectivity index (χ1) is 6.31. The van der Waals surface area contributed by atoms with E-state index in [0.717, 1.165) is 17.3 Å². The first-order valence-corrected chi connectivity index (χ1v) is 4.41. The normalized spacial score (nSPS) is 10.5. The Morgan fingerprint density at radius 2 is 2.15 bits per heavy atom. The van der Waals surface area contributed by atoms with Gasteiger partial charge in [-0.3, -0.25) is 4.79 Å². The Bertz CT molecular complexity index is 485. The van der Waals surface area contributed by atoms with Crippen molar-refractivity contribution in [1.29, 1.82) is 0 Å². The summed E-state index contributed by atoms with van der Waals surface area (Å²) >= 11 is 0. The Balaban J connectivity index is 2.82. The predicted octanol–water partition coefficient (Wildman–Crippen LogP) is 2.09. The Hall–Kier alpha value is -1.57. The minimum Gasteiger partial charge on any atom is -0.361 e. The lowest BCUT2D eigenvalue weighted by atomic mass is 10.1. The molecule has 0 bridgehead atoms. The van der Waals surface area contributed by atoms with Crippen LogP contribution in [0.1, 0.15) is 12.5 Å². The zero-order chi connectivity index (χ0) is 9.26. The molecular weight excluding hydrogens is 162 g/mol. The monoisotopic (exact) mass is 173 g/mol. The fraction of sp³-hybridized carbons (Fsp3) is 0.182. The molecule has 66 valence electrons. The van der Waals surface area contributed by atoms with Gasteiger partial charge in [0.15, 0.2) is 5.43 Å². The molecule has 0 saturated carbocycles. The van der Waals surface area contributed by atoms with E-state index in [-0.39, 0.29) is 5.43 Å². The van der Waals surface area contributed by atoms with Crippen LogP contribution in [0.15, 0.2) is 35.3 Å². The fourth-order valence-electron chi connectivity index (χ4n) is 1.44. The van der Waals surface area contributed by atoms with Gasteiger partial charge < -0.3 is 4.98 Å². The highest BCUT2D eigenvalue weighted by atomic mass is 16.1. The van der Waals surface area contributed by atoms with Crippen molar-refractivity contribution >= 4 is 10.9 Å². The minimum absolute atomic E-state index is 0.0871. The van der Waals surface area contributed by atoms with Crippen LogP contribution in [0.3, 0.4) is 0 Å². The number of pyridine rings is 1. The molecule has 0 saturated heterocycles. The maximum Gasteiger partial charge on any atom is 0.189 e. The van der Waals surface area contributed by atoms with Crippen molar-refractivity contribution in [2.75, 3.05) is 0 Å². The van der Waals surface area contributed by atoms with E-state index in [1.165, 1.54) is 5.56 Å². The van der Waals surface area contributed by atoms with Crippen molar-refractivity contribution < 1.29 is 0 Å². The molecule has 2 rings (SSSR count). The summed E-state index contributed by atoms with van der Waals surface area (Å²) in [5, 5.41) is 0.779. The van der Waals surface area contributed by atoms with E-state index in [2.05, 4.69) is 11.9 Å². The SMILES string of the molecule is CCc1ccc2[nH]ccc(=O)c2c1. The van der Waals surface area contributed by atoms with Gasteiger partial charge in [0.25, 0.3) is 0 Å². The van der Waals surface area contributed by atoms with Crippen molar-refractivity contribution in [3.63, 3.8) is 0 Å². The van der Waals surface area contributed by atoms with Crippen molar-refractivity contribution in [2.24, 2.45) is 0 Å². The van der Waals surface area contributed by atoms with Crippen LogP contribution in [0.4, 0.5) is 0 Å². The molecule has 1 heterocycles. The molecule has 0 radical (unpaired) electrons. The van der Waals surface area contributed by atoms with Crippen LogP contribution in [-0.2, 0) is 6.42 Å². The highest BCUT2D eigenvalue weighted by Gasteiger charge is 1.97. The number of aryl methyl sites for hydroxylation is 1. The molecule has 0 atom stereocenters. The first-order valence-electron chi connectivity index (χ1n) is 4.41. The Kier molecular flexibility index (Phi) is 1.89. The number of fused-ring (bicyclic) bond motifs is 1. The highest BCUT2D eigenvalue weighted by molar-refractivity contribution is 5.78. The van der Waals surface area contributed by atoms with Gasteiger partial charge in [0.1, 0.15) is 0 Å². The molecule has 1 aromatic heterocycles. The van der Waals surface area contributed by atoms with Crippen LogP contribution < -0.4 is 5.43 Å². The third-order valence-electron chi connectivity index (χ3n) is 2.23. The quantitative estimate of drug-likeness (QED) is 0.703. The van der Waals surface area contributed by atoms with Gasteiger partial charge in [-0.1, -0.05) is 13.0 Å². The van der Waals surface area contributed by atoms with Crippen molar-refractivity contribution in [3.8, 4) is 0 Å². The molecule has 1 aromatic carbocycles. The van der Waals surface area contributed by atoms with Crippen molar-refractivity contribution in [2.45, 2.75) is 13.3 Å². The molecule has 2 aromatic rings. The Labute approximate surface area is 76.2 Å². The maximum atomic E-state index is 11.4. The molecule has 1 N–H and O–H groups in total. The zero-order valence-electron chi connectivity index (χ0n) is 7.50. The standard InChI is InChI=1S/C11H11NO/c1-2-8-3-4-10-9(7-8)11(13)5-6-12-10/h3-7H,2H2,1H3,(H,12,13). The number of aromatic amines is 1. The maximum absolute atomic E-state index is 11.4. The molecule has 0 aliphatic carbocycles. The van der Waals surface area contributed by atoms with E-state index < -0.39 is 0 Å². The second-order valence-electron chi connectivity index (χ2n) is 3.08. The first kappa shape index (κ1) is 8.05. The summed E-state index contributed by atoms with van der Waals surface area (Å²) in [7, 11) is 0. The molecule has 0 aliphatic heterocycles. The van der Waals surface area contributed by atoms with Gasteiger partial charge in [-0.2, -0.15) is 0 Å². The van der Waals surface area contributed by atoms with Crippen LogP contribution in [0, 0.1) is 0 Å². The number of hydrogen-bond donors (Lipinski definition) is 1. The van der Waals surface area contributed by atoms with Gasteiger partial charge in [-0.15, -0.1) is 0 Å². The Morgan fingerprint density at radius 3 is 2.92 bits per heavy atom. The summed E-state index contributed by atoms with van der Waals surface area (Å²) in [6.07, 6.45) is 2.64. The number of nitrogens with one attached hydrogen (secondary N) is 1. The van der Waals surface area contributed by atoms with E-state index in [9.17, 15) is 4.79 Å². The number of benzene rings is 1. The third-order valence-corrected chi connectivity index (χ3v) is 2.23. The lowest BCUT2D eigenvalue weighted by Gasteiger charge is -1.99. The average Bonchev–Trinajstić information content (AvgIpc) is 2.18. The smallest absolute Gasteiger partial charge is 0.189 e. The molecule has 2 heteroatoms. The van der Waals surface area contributed by atoms with Gasteiger partial charge in [-0.05, 0) is 24.1 Å². The van der Waals surface area contributed by atoms with Crippen molar-refractivity contribution in [1.82, 2.24) is 4.98 Å². The number of H-pyrrole nitrogens is 1. The number of rotatable bonds is 1. The van der Waals surface area contributed by atoms with Crippen molar-refractivity contribution in [3.05, 3.63) is 46.2 Å². The summed E-state index contributed by atoms with van der Waals surface area (Å²) in [5.41, 5.74) is 2.19. The summed E-state index contributed by atoms with van der Waals surface area (Å²) in [6, 6.07) is 7.50. The fourth-order valence-corrected chi connectivity index (χ4v) is 1.44. The number of hydrogen-bond acceptors (Lipinski definition) is 1. The molecule has 0 unspecified atom stereocenters.